The molecule has 19 heteroatoms. The average Bonchev–Trinajstić information content (AvgIpc) is 3.44. The molecule has 3 aliphatic heterocycles. The van der Waals surface area contributed by atoms with E-state index in [4.69, 9.17) is 15.2 Å². The first-order valence-corrected chi connectivity index (χ1v) is 20.3. The summed E-state index contributed by atoms with van der Waals surface area (Å²) in [6.45, 7) is 18.5. The van der Waals surface area contributed by atoms with E-state index in [2.05, 4.69) is 47.5 Å². The summed E-state index contributed by atoms with van der Waals surface area (Å²) in [7, 11) is 11.1. The molecule has 0 aliphatic carbocycles. The molecule has 2 N–H and O–H groups in total. The van der Waals surface area contributed by atoms with Gasteiger partial charge < -0.3 is 48.9 Å². The summed E-state index contributed by atoms with van der Waals surface area (Å²) in [4.78, 5) is 81.2. The monoisotopic (exact) mass is 851 g/mol. The Labute approximate surface area is 353 Å². The fourth-order valence-electron chi connectivity index (χ4n) is 6.11. The number of primary amides is 1. The number of amides is 1. The number of ether oxygens (including phenoxy) is 6. The molecule has 3 heterocycles. The number of piperidine rings is 2. The minimum Gasteiger partial charge on any atom is -0.469 e. The van der Waals surface area contributed by atoms with E-state index in [1.165, 1.54) is 32.9 Å². The molecule has 0 radical (unpaired) electrons. The number of nitrogens with two attached hydrogens (primary N) is 1. The molecule has 1 unspecified atom stereocenters. The third-order valence-corrected chi connectivity index (χ3v) is 9.76. The van der Waals surface area contributed by atoms with E-state index in [9.17, 15) is 33.6 Å². The van der Waals surface area contributed by atoms with Gasteiger partial charge in [-0.15, -0.1) is 0 Å². The average molecular weight is 851 g/mol. The van der Waals surface area contributed by atoms with Gasteiger partial charge in [0.15, 0.2) is 0 Å². The predicted molar refractivity (Wildman–Crippen MR) is 223 cm³/mol. The lowest BCUT2D eigenvalue weighted by Crippen LogP contribution is -2.53. The second-order valence-electron chi connectivity index (χ2n) is 14.2. The van der Waals surface area contributed by atoms with Crippen LogP contribution < -0.4 is 5.73 Å². The number of esters is 1. The van der Waals surface area contributed by atoms with E-state index in [0.717, 1.165) is 58.4 Å². The maximum Gasteiger partial charge on any atom is 0.314 e. The van der Waals surface area contributed by atoms with E-state index in [1.807, 2.05) is 52.0 Å². The highest BCUT2D eigenvalue weighted by molar-refractivity contribution is 5.75. The van der Waals surface area contributed by atoms with E-state index in [-0.39, 0.29) is 29.9 Å². The molecule has 2 bridgehead atoms. The number of methoxy groups -OCH3 is 1. The maximum atomic E-state index is 11.7. The summed E-state index contributed by atoms with van der Waals surface area (Å²) in [6.07, 6.45) is 7.40. The van der Waals surface area contributed by atoms with Crippen LogP contribution in [0.2, 0.25) is 0 Å². The number of hydrogen-bond acceptors (Lipinski definition) is 18. The zero-order valence-corrected chi connectivity index (χ0v) is 37.6. The lowest BCUT2D eigenvalue weighted by atomic mass is 9.87. The summed E-state index contributed by atoms with van der Waals surface area (Å²) in [6, 6.07) is 1.29. The molecule has 0 saturated carbocycles. The third-order valence-electron chi connectivity index (χ3n) is 9.76. The van der Waals surface area contributed by atoms with Crippen molar-refractivity contribution in [1.82, 2.24) is 24.5 Å². The lowest BCUT2D eigenvalue weighted by molar-refractivity contribution is -0.162. The van der Waals surface area contributed by atoms with Crippen molar-refractivity contribution in [2.24, 2.45) is 11.7 Å². The zero-order valence-electron chi connectivity index (χ0n) is 37.6. The van der Waals surface area contributed by atoms with Crippen molar-refractivity contribution in [3.05, 3.63) is 0 Å². The lowest BCUT2D eigenvalue weighted by Gasteiger charge is -2.40. The number of hydrogen-bond donors (Lipinski definition) is 1. The van der Waals surface area contributed by atoms with Gasteiger partial charge in [-0.25, -0.2) is 0 Å². The van der Waals surface area contributed by atoms with Gasteiger partial charge in [0.25, 0.3) is 32.4 Å². The highest BCUT2D eigenvalue weighted by atomic mass is 16.5. The Kier molecular flexibility index (Phi) is 41.1. The van der Waals surface area contributed by atoms with Gasteiger partial charge in [0.2, 0.25) is 5.91 Å². The van der Waals surface area contributed by atoms with Crippen molar-refractivity contribution in [2.45, 2.75) is 96.9 Å². The number of carbonyl (C=O) groups excluding carboxylic acids is 7. The Morgan fingerprint density at radius 3 is 1.78 bits per heavy atom. The van der Waals surface area contributed by atoms with Crippen LogP contribution in [0.1, 0.15) is 72.6 Å². The molecule has 0 aromatic rings. The van der Waals surface area contributed by atoms with E-state index >= 15 is 0 Å². The number of carbonyl (C=O) groups is 7. The van der Waals surface area contributed by atoms with Gasteiger partial charge in [-0.2, -0.15) is 0 Å². The van der Waals surface area contributed by atoms with Crippen molar-refractivity contribution < 1.29 is 62.0 Å². The molecule has 0 spiro atoms. The van der Waals surface area contributed by atoms with Crippen LogP contribution in [0, 0.1) is 5.92 Å². The van der Waals surface area contributed by atoms with Crippen LogP contribution in [-0.2, 0) is 62.0 Å². The second-order valence-corrected chi connectivity index (χ2v) is 14.2. The standard InChI is InChI=1S/C11H17NO4.C10H19NO2.C6H13NO2.C5H12N2O.C5H11NO2.C3H6O2/c1-12-7-3-4-8(12)10(11(14)15-2)9(5-7)16-6-13;1-10-5-2-3-6-11(10)7-4-8-13-9-12;1-3-7(2)4-5-9-6-8;1-3-7(2)4-5(6)8;1-6(2)3-4-8-5-7;1-2-5-3-4/h6-10H,3-5H2,1-2H3;9-10H,2-8H2,1H3;6H,3-5H2,1-2H3;3-4H2,1-2H3,(H2,6,8);5H,3-4H2,1-2H3;3H,2H2,1H3/t7-,8-,9+,10-;;;;;/m1...../s1. The molecular formula is C40H78N6O13. The molecule has 3 rings (SSSR count). The summed E-state index contributed by atoms with van der Waals surface area (Å²) in [5.41, 5.74) is 4.89. The minimum absolute atomic E-state index is 0.149. The normalized spacial score (nSPS) is 20.3. The van der Waals surface area contributed by atoms with Gasteiger partial charge in [0.05, 0.1) is 26.9 Å². The molecule has 1 amide bonds. The third kappa shape index (κ3) is 32.6. The Morgan fingerprint density at radius 2 is 1.34 bits per heavy atom. The summed E-state index contributed by atoms with van der Waals surface area (Å²) in [5.74, 6) is -0.877. The fourth-order valence-corrected chi connectivity index (χ4v) is 6.11. The Morgan fingerprint density at radius 1 is 0.763 bits per heavy atom. The smallest absolute Gasteiger partial charge is 0.314 e. The Hall–Kier alpha value is -3.91. The summed E-state index contributed by atoms with van der Waals surface area (Å²) in [5, 5.41) is 0. The highest BCUT2D eigenvalue weighted by Gasteiger charge is 2.50. The zero-order chi connectivity index (χ0) is 45.4. The van der Waals surface area contributed by atoms with Gasteiger partial charge in [-0.3, -0.25) is 43.4 Å². The molecule has 346 valence electrons. The number of rotatable bonds is 22. The van der Waals surface area contributed by atoms with Crippen molar-refractivity contribution >= 4 is 44.2 Å². The summed E-state index contributed by atoms with van der Waals surface area (Å²) < 4.78 is 27.6. The first-order valence-electron chi connectivity index (χ1n) is 20.3. The van der Waals surface area contributed by atoms with Gasteiger partial charge in [0.1, 0.15) is 25.2 Å². The van der Waals surface area contributed by atoms with Crippen LogP contribution >= 0.6 is 0 Å². The number of likely N-dealkylation sites (N-methyl/N-ethyl adjacent to an activating group) is 3. The van der Waals surface area contributed by atoms with E-state index < -0.39 is 0 Å². The van der Waals surface area contributed by atoms with Crippen molar-refractivity contribution in [3.8, 4) is 0 Å². The van der Waals surface area contributed by atoms with Gasteiger partial charge in [-0.05, 0) is 101 Å². The quantitative estimate of drug-likeness (QED) is 0.0697. The minimum atomic E-state index is -0.334. The SMILES string of the molecule is CC1CCCCN1CCCOC=O.CCN(C)CC(N)=O.CCN(C)CCOC=O.CCOC=O.CN(C)CCOC=O.COC(=O)[C@H]1[C@@H](OC=O)C[C@H]2CC[C@H]1N2C. The molecule has 5 atom stereocenters. The molecule has 3 fully saturated rings. The van der Waals surface area contributed by atoms with Crippen LogP contribution in [0.3, 0.4) is 0 Å². The second kappa shape index (κ2) is 40.9. The number of likely N-dealkylation sites (tertiary alicyclic amines) is 1. The molecule has 0 aromatic heterocycles. The highest BCUT2D eigenvalue weighted by Crippen LogP contribution is 2.39. The van der Waals surface area contributed by atoms with Crippen LogP contribution in [-0.4, -0.2) is 208 Å². The summed E-state index contributed by atoms with van der Waals surface area (Å²) >= 11 is 0. The molecule has 19 nitrogen and oxygen atoms in total. The number of nitrogens with zero attached hydrogens (tertiary/aromatic N) is 5. The van der Waals surface area contributed by atoms with Gasteiger partial charge in [0, 0.05) is 44.2 Å². The molecular weight excluding hydrogens is 772 g/mol. The maximum absolute atomic E-state index is 11.7. The predicted octanol–water partition coefficient (Wildman–Crippen LogP) is 1.04. The Balaban J connectivity index is -0.000000664. The van der Waals surface area contributed by atoms with E-state index in [0.29, 0.717) is 77.4 Å². The van der Waals surface area contributed by atoms with Crippen molar-refractivity contribution in [3.63, 3.8) is 0 Å². The van der Waals surface area contributed by atoms with Crippen LogP contribution in [0.5, 0.6) is 0 Å². The molecule has 0 aromatic carbocycles. The van der Waals surface area contributed by atoms with Gasteiger partial charge in [-0.1, -0.05) is 20.3 Å². The fraction of sp³-hybridized carbons (Fsp3) is 0.825. The largest absolute Gasteiger partial charge is 0.469 e. The molecule has 3 saturated heterocycles. The first kappa shape index (κ1) is 59.4. The molecule has 3 aliphatic rings. The van der Waals surface area contributed by atoms with Crippen molar-refractivity contribution in [1.29, 1.82) is 0 Å². The first-order chi connectivity index (χ1) is 28.2. The Bertz CT molecular complexity index is 1080. The van der Waals surface area contributed by atoms with Gasteiger partial charge >= 0.3 is 5.97 Å². The molecule has 59 heavy (non-hydrogen) atoms. The van der Waals surface area contributed by atoms with Crippen LogP contribution in [0.25, 0.3) is 0 Å². The van der Waals surface area contributed by atoms with Crippen LogP contribution in [0.4, 0.5) is 0 Å². The van der Waals surface area contributed by atoms with Crippen LogP contribution in [0.15, 0.2) is 0 Å². The topological polar surface area (TPSA) is 217 Å². The van der Waals surface area contributed by atoms with Crippen molar-refractivity contribution in [2.75, 3.05) is 115 Å². The number of fused-ring (bicyclic) bond motifs is 2. The van der Waals surface area contributed by atoms with E-state index in [1.54, 1.807) is 6.92 Å².